The molecule has 0 fully saturated rings. The normalized spacial score (nSPS) is 16.5. The molecule has 144 valence electrons. The minimum atomic E-state index is -0.667. The van der Waals surface area contributed by atoms with Crippen LogP contribution in [0, 0.1) is 10.4 Å². The van der Waals surface area contributed by atoms with E-state index in [9.17, 15) is 10.4 Å². The maximum atomic E-state index is 11.9. The van der Waals surface area contributed by atoms with Crippen LogP contribution in [0.25, 0.3) is 0 Å². The van der Waals surface area contributed by atoms with Crippen molar-refractivity contribution in [3.63, 3.8) is 0 Å². The fourth-order valence-electron chi connectivity index (χ4n) is 1.05. The molecule has 0 amide bonds. The summed E-state index contributed by atoms with van der Waals surface area (Å²) in [6.07, 6.45) is 0.913. The van der Waals surface area contributed by atoms with Crippen LogP contribution < -0.4 is 53.4 Å². The topological polar surface area (TPSA) is 79.9 Å². The average Bonchev–Trinajstić information content (AvgIpc) is 2.42. The molecule has 0 aliphatic rings. The van der Waals surface area contributed by atoms with Crippen molar-refractivity contribution in [2.75, 3.05) is 23.3 Å². The molecule has 23 heavy (non-hydrogen) atoms. The fourth-order valence-corrected chi connectivity index (χ4v) is 4.91. The Labute approximate surface area is 161 Å². The summed E-state index contributed by atoms with van der Waals surface area (Å²) in [6.45, 7) is 11.8. The van der Waals surface area contributed by atoms with E-state index in [0.717, 1.165) is 6.42 Å². The Hall–Kier alpha value is 1.14. The van der Waals surface area contributed by atoms with Crippen molar-refractivity contribution in [2.24, 2.45) is 0 Å². The minimum absolute atomic E-state index is 0.187. The molecule has 0 bridgehead atoms. The SMILES string of the molecule is CCC(C)(C)ON(C)[I-]CO[NH+]([O-])N(C)[I-]C[NH+]([O-])C(C)(C)C. The van der Waals surface area contributed by atoms with E-state index < -0.39 is 43.0 Å². The van der Waals surface area contributed by atoms with E-state index in [0.29, 0.717) is 9.17 Å². The van der Waals surface area contributed by atoms with Gasteiger partial charge in [0.05, 0.1) is 0 Å². The number of quaternary nitrogens is 2. The molecule has 0 aromatic heterocycles. The van der Waals surface area contributed by atoms with Gasteiger partial charge in [0, 0.05) is 0 Å². The van der Waals surface area contributed by atoms with Gasteiger partial charge in [-0.1, -0.05) is 0 Å². The number of alkyl halides is 2. The first-order valence-corrected chi connectivity index (χ1v) is 12.4. The molecule has 0 spiro atoms. The number of hydroxylamine groups is 3. The van der Waals surface area contributed by atoms with Gasteiger partial charge in [-0.15, -0.1) is 0 Å². The van der Waals surface area contributed by atoms with Crippen LogP contribution in [0.3, 0.4) is 0 Å². The Balaban J connectivity index is 3.99. The first-order valence-electron chi connectivity index (χ1n) is 7.44. The first kappa shape index (κ1) is 24.1. The van der Waals surface area contributed by atoms with Gasteiger partial charge in [-0.25, -0.2) is 0 Å². The van der Waals surface area contributed by atoms with Gasteiger partial charge in [0.25, 0.3) is 0 Å². The standard InChI is InChI=1S/C13H32I2N4O4/c1-9-13(5,6)23-17(8)15-11-22-19(21)16(7)14-10-18(20)12(2,3)4/h18-19H,9-11H2,1-8H3/q-2. The molecule has 0 aromatic carbocycles. The molecule has 0 rings (SSSR count). The van der Waals surface area contributed by atoms with Gasteiger partial charge in [0.1, 0.15) is 0 Å². The number of hydrogen-bond donors (Lipinski definition) is 2. The summed E-state index contributed by atoms with van der Waals surface area (Å²) in [4.78, 5) is 11.1. The number of nitrogens with one attached hydrogen (secondary N) is 2. The molecule has 0 aromatic rings. The molecule has 0 saturated carbocycles. The summed E-state index contributed by atoms with van der Waals surface area (Å²) in [6, 6.07) is 0. The molecule has 2 unspecified atom stereocenters. The molecule has 0 saturated heterocycles. The van der Waals surface area contributed by atoms with E-state index in [2.05, 4.69) is 6.92 Å². The predicted octanol–water partition coefficient (Wildman–Crippen LogP) is -6.70. The van der Waals surface area contributed by atoms with Crippen LogP contribution >= 0.6 is 0 Å². The van der Waals surface area contributed by atoms with Crippen molar-refractivity contribution in [1.82, 2.24) is 6.50 Å². The predicted molar refractivity (Wildman–Crippen MR) is 80.2 cm³/mol. The van der Waals surface area contributed by atoms with Crippen LogP contribution in [0.1, 0.15) is 48.0 Å². The Kier molecular flexibility index (Phi) is 11.5. The van der Waals surface area contributed by atoms with Gasteiger partial charge in [0.2, 0.25) is 0 Å². The molecular formula is C13H32I2N4O4-2. The Morgan fingerprint density at radius 3 is 2.09 bits per heavy atom. The van der Waals surface area contributed by atoms with Crippen LogP contribution in [-0.2, 0) is 9.68 Å². The Morgan fingerprint density at radius 1 is 1.04 bits per heavy atom. The third-order valence-corrected chi connectivity index (χ3v) is 7.27. The molecule has 10 heteroatoms. The maximum absolute atomic E-state index is 11.9. The number of rotatable bonds is 11. The molecule has 2 N–H and O–H groups in total. The van der Waals surface area contributed by atoms with Crippen molar-refractivity contribution in [3.05, 3.63) is 10.4 Å². The molecule has 0 radical (unpaired) electrons. The van der Waals surface area contributed by atoms with Gasteiger partial charge in [-0.05, 0) is 0 Å². The third-order valence-electron chi connectivity index (χ3n) is 3.07. The van der Waals surface area contributed by atoms with Crippen molar-refractivity contribution in [1.29, 1.82) is 0 Å². The second kappa shape index (κ2) is 11.0. The number of halogens is 2. The van der Waals surface area contributed by atoms with Crippen LogP contribution in [0.4, 0.5) is 0 Å². The summed E-state index contributed by atoms with van der Waals surface area (Å²) in [5.41, 5.74) is -0.546. The molecule has 8 nitrogen and oxygen atoms in total. The second-order valence-corrected chi connectivity index (χ2v) is 12.2. The fraction of sp³-hybridized carbons (Fsp3) is 1.00. The van der Waals surface area contributed by atoms with Crippen LogP contribution in [0.5, 0.6) is 0 Å². The monoisotopic (exact) mass is 562 g/mol. The Bertz CT molecular complexity index is 332. The van der Waals surface area contributed by atoms with E-state index in [-0.39, 0.29) is 21.5 Å². The quantitative estimate of drug-likeness (QED) is 0.0858. The van der Waals surface area contributed by atoms with Crippen LogP contribution in [0.15, 0.2) is 0 Å². The zero-order chi connectivity index (χ0) is 18.3. The zero-order valence-corrected chi connectivity index (χ0v) is 19.7. The summed E-state index contributed by atoms with van der Waals surface area (Å²) < 4.78 is 4.18. The van der Waals surface area contributed by atoms with Crippen LogP contribution in [0.2, 0.25) is 0 Å². The molecule has 0 aliphatic carbocycles. The molecular weight excluding hydrogens is 530 g/mol. The first-order chi connectivity index (χ1) is 10.4. The summed E-state index contributed by atoms with van der Waals surface area (Å²) in [7, 11) is 3.57. The number of nitrogens with zero attached hydrogens (tertiary/aromatic N) is 2. The van der Waals surface area contributed by atoms with Gasteiger partial charge in [0.15, 0.2) is 0 Å². The zero-order valence-electron chi connectivity index (χ0n) is 15.4. The van der Waals surface area contributed by atoms with Gasteiger partial charge < -0.3 is 0 Å². The summed E-state index contributed by atoms with van der Waals surface area (Å²) in [5, 5.41) is 23.6. The van der Waals surface area contributed by atoms with Crippen molar-refractivity contribution >= 4 is 0 Å². The van der Waals surface area contributed by atoms with Gasteiger partial charge in [-0.3, -0.25) is 0 Å². The van der Waals surface area contributed by atoms with E-state index in [4.69, 9.17) is 9.68 Å². The second-order valence-electron chi connectivity index (χ2n) is 6.67. The van der Waals surface area contributed by atoms with Crippen molar-refractivity contribution in [2.45, 2.75) is 59.1 Å². The van der Waals surface area contributed by atoms with Crippen molar-refractivity contribution < 1.29 is 63.0 Å². The summed E-state index contributed by atoms with van der Waals surface area (Å²) in [5.74, 6) is 0. The van der Waals surface area contributed by atoms with Crippen LogP contribution in [-0.4, -0.2) is 40.9 Å². The average molecular weight is 562 g/mol. The van der Waals surface area contributed by atoms with Gasteiger partial charge in [-0.2, -0.15) is 0 Å². The van der Waals surface area contributed by atoms with E-state index in [1.165, 1.54) is 0 Å². The third kappa shape index (κ3) is 11.4. The van der Waals surface area contributed by atoms with Crippen molar-refractivity contribution in [3.8, 4) is 0 Å². The van der Waals surface area contributed by atoms with E-state index in [1.54, 1.807) is 13.5 Å². The van der Waals surface area contributed by atoms with Gasteiger partial charge >= 0.3 is 162 Å². The van der Waals surface area contributed by atoms with E-state index >= 15 is 0 Å². The molecule has 0 aliphatic heterocycles. The molecule has 2 atom stereocenters. The molecule has 0 heterocycles. The van der Waals surface area contributed by atoms with E-state index in [1.807, 2.05) is 41.7 Å². The number of hydrogen-bond acceptors (Lipinski definition) is 6. The summed E-state index contributed by atoms with van der Waals surface area (Å²) >= 11 is -1.19. The Morgan fingerprint density at radius 2 is 1.61 bits per heavy atom.